The van der Waals surface area contributed by atoms with Gasteiger partial charge >= 0.3 is 0 Å². The lowest BCUT2D eigenvalue weighted by Crippen LogP contribution is -2.35. The molecule has 0 saturated carbocycles. The molecule has 0 aliphatic rings. The molecule has 9 nitrogen and oxygen atoms in total. The molecule has 0 fully saturated rings. The Bertz CT molecular complexity index is 1240. The van der Waals surface area contributed by atoms with E-state index in [-0.39, 0.29) is 35.6 Å². The van der Waals surface area contributed by atoms with Gasteiger partial charge in [-0.25, -0.2) is 9.50 Å². The average Bonchev–Trinajstić information content (AvgIpc) is 3.09. The summed E-state index contributed by atoms with van der Waals surface area (Å²) >= 11 is 0. The predicted octanol–water partition coefficient (Wildman–Crippen LogP) is 1.43. The lowest BCUT2D eigenvalue weighted by atomic mass is 10.1. The van der Waals surface area contributed by atoms with Gasteiger partial charge in [-0.1, -0.05) is 17.7 Å². The highest BCUT2D eigenvalue weighted by molar-refractivity contribution is 5.96. The zero-order valence-corrected chi connectivity index (χ0v) is 17.2. The lowest BCUT2D eigenvalue weighted by molar-refractivity contribution is -0.123. The Morgan fingerprint density at radius 1 is 1.17 bits per heavy atom. The van der Waals surface area contributed by atoms with Crippen molar-refractivity contribution >= 4 is 23.1 Å². The molecule has 3 aromatic rings. The Kier molecular flexibility index (Phi) is 5.69. The van der Waals surface area contributed by atoms with Crippen molar-refractivity contribution in [2.24, 2.45) is 0 Å². The van der Waals surface area contributed by atoms with Crippen molar-refractivity contribution in [2.45, 2.75) is 34.1 Å². The van der Waals surface area contributed by atoms with Crippen molar-refractivity contribution in [1.82, 2.24) is 19.9 Å². The minimum atomic E-state index is -0.475. The minimum Gasteiger partial charge on any atom is -0.347 e. The fourth-order valence-electron chi connectivity index (χ4n) is 3.40. The van der Waals surface area contributed by atoms with Gasteiger partial charge in [-0.3, -0.25) is 19.5 Å². The van der Waals surface area contributed by atoms with Crippen molar-refractivity contribution < 1.29 is 9.59 Å². The third-order valence-electron chi connectivity index (χ3n) is 4.81. The number of aromatic nitrogens is 3. The fourth-order valence-corrected chi connectivity index (χ4v) is 3.40. The number of H-pyrrole nitrogens is 1. The third kappa shape index (κ3) is 4.07. The first-order chi connectivity index (χ1) is 14.2. The van der Waals surface area contributed by atoms with Gasteiger partial charge in [0.1, 0.15) is 11.6 Å². The number of rotatable bonds is 5. The van der Waals surface area contributed by atoms with E-state index < -0.39 is 11.5 Å². The second-order valence-corrected chi connectivity index (χ2v) is 7.21. The molecule has 9 heteroatoms. The number of carbonyl (C=O) groups excluding carboxylic acids is 2. The van der Waals surface area contributed by atoms with Gasteiger partial charge < -0.3 is 10.6 Å². The molecule has 0 aliphatic heterocycles. The van der Waals surface area contributed by atoms with Crippen molar-refractivity contribution in [3.05, 3.63) is 62.2 Å². The van der Waals surface area contributed by atoms with Gasteiger partial charge in [-0.2, -0.15) is 5.26 Å². The zero-order valence-electron chi connectivity index (χ0n) is 17.2. The highest BCUT2D eigenvalue weighted by atomic mass is 16.2. The van der Waals surface area contributed by atoms with Crippen molar-refractivity contribution in [3.8, 4) is 6.07 Å². The molecule has 1 aromatic carbocycles. The van der Waals surface area contributed by atoms with Crippen molar-refractivity contribution in [2.75, 3.05) is 11.9 Å². The number of nitriles is 1. The monoisotopic (exact) mass is 406 g/mol. The van der Waals surface area contributed by atoms with E-state index in [4.69, 9.17) is 5.26 Å². The van der Waals surface area contributed by atoms with Crippen LogP contribution in [0.5, 0.6) is 0 Å². The van der Waals surface area contributed by atoms with Crippen LogP contribution in [-0.4, -0.2) is 33.0 Å². The van der Waals surface area contributed by atoms with Crippen LogP contribution in [0.25, 0.3) is 5.65 Å². The standard InChI is InChI=1S/C21H22N6O3/c1-11-5-12(2)19(13(3)6-11)26-18(29)10-23-17(28)7-16-14(4)25-20-15(8-22)9-24-27(20)21(16)30/h5-6,9,24H,7,10H2,1-4H3,(H,23,28)(H,26,29). The maximum absolute atomic E-state index is 12.6. The molecule has 2 amide bonds. The summed E-state index contributed by atoms with van der Waals surface area (Å²) in [4.78, 5) is 41.5. The number of benzene rings is 1. The Morgan fingerprint density at radius 3 is 2.47 bits per heavy atom. The molecule has 154 valence electrons. The largest absolute Gasteiger partial charge is 0.347 e. The summed E-state index contributed by atoms with van der Waals surface area (Å²) in [5.74, 6) is -0.833. The van der Waals surface area contributed by atoms with E-state index in [1.54, 1.807) is 6.92 Å². The molecule has 0 radical (unpaired) electrons. The molecule has 2 aromatic heterocycles. The van der Waals surface area contributed by atoms with Crippen LogP contribution in [0.1, 0.15) is 33.5 Å². The SMILES string of the molecule is Cc1cc(C)c(NC(=O)CNC(=O)Cc2c(C)nc3c(C#N)c[nH]n3c2=O)c(C)c1. The van der Waals surface area contributed by atoms with Gasteiger partial charge in [0.15, 0.2) is 5.65 Å². The summed E-state index contributed by atoms with van der Waals surface area (Å²) in [5, 5.41) is 17.1. The van der Waals surface area contributed by atoms with Crippen molar-refractivity contribution in [1.29, 1.82) is 5.26 Å². The summed E-state index contributed by atoms with van der Waals surface area (Å²) in [6.07, 6.45) is 1.16. The number of aromatic amines is 1. The quantitative estimate of drug-likeness (QED) is 0.590. The average molecular weight is 406 g/mol. The van der Waals surface area contributed by atoms with E-state index >= 15 is 0 Å². The number of amides is 2. The lowest BCUT2D eigenvalue weighted by Gasteiger charge is -2.13. The summed E-state index contributed by atoms with van der Waals surface area (Å²) in [7, 11) is 0. The fraction of sp³-hybridized carbons (Fsp3) is 0.286. The second-order valence-electron chi connectivity index (χ2n) is 7.21. The van der Waals surface area contributed by atoms with Crippen LogP contribution in [0.3, 0.4) is 0 Å². The first-order valence-electron chi connectivity index (χ1n) is 9.35. The van der Waals surface area contributed by atoms with Gasteiger partial charge in [0, 0.05) is 23.1 Å². The number of nitrogens with zero attached hydrogens (tertiary/aromatic N) is 3. The summed E-state index contributed by atoms with van der Waals surface area (Å²) < 4.78 is 1.13. The highest BCUT2D eigenvalue weighted by Crippen LogP contribution is 2.21. The summed E-state index contributed by atoms with van der Waals surface area (Å²) in [5.41, 5.74) is 4.27. The molecule has 0 spiro atoms. The van der Waals surface area contributed by atoms with Crippen LogP contribution in [0.15, 0.2) is 23.1 Å². The third-order valence-corrected chi connectivity index (χ3v) is 4.81. The molecule has 3 rings (SSSR count). The first kappa shape index (κ1) is 20.8. The Balaban J connectivity index is 1.67. The number of fused-ring (bicyclic) bond motifs is 1. The molecular weight excluding hydrogens is 384 g/mol. The van der Waals surface area contributed by atoms with E-state index in [9.17, 15) is 14.4 Å². The van der Waals surface area contributed by atoms with Crippen LogP contribution < -0.4 is 16.2 Å². The number of hydrogen-bond acceptors (Lipinski definition) is 5. The molecule has 0 unspecified atom stereocenters. The molecule has 2 heterocycles. The van der Waals surface area contributed by atoms with Crippen LogP contribution in [0.4, 0.5) is 5.69 Å². The summed E-state index contributed by atoms with van der Waals surface area (Å²) in [6, 6.07) is 5.89. The molecule has 0 bridgehead atoms. The number of aryl methyl sites for hydroxylation is 4. The highest BCUT2D eigenvalue weighted by Gasteiger charge is 2.17. The number of nitrogens with one attached hydrogen (secondary N) is 3. The van der Waals surface area contributed by atoms with Gasteiger partial charge in [0.2, 0.25) is 11.8 Å². The molecule has 0 saturated heterocycles. The van der Waals surface area contributed by atoms with Crippen LogP contribution in [0, 0.1) is 39.0 Å². The van der Waals surface area contributed by atoms with Gasteiger partial charge in [0.25, 0.3) is 5.56 Å². The van der Waals surface area contributed by atoms with Gasteiger partial charge in [0.05, 0.1) is 13.0 Å². The van der Waals surface area contributed by atoms with E-state index in [0.717, 1.165) is 26.9 Å². The van der Waals surface area contributed by atoms with Crippen molar-refractivity contribution in [3.63, 3.8) is 0 Å². The number of hydrogen-bond donors (Lipinski definition) is 3. The van der Waals surface area contributed by atoms with Gasteiger partial charge in [-0.15, -0.1) is 0 Å². The van der Waals surface area contributed by atoms with E-state index in [1.807, 2.05) is 39.0 Å². The van der Waals surface area contributed by atoms with Gasteiger partial charge in [-0.05, 0) is 38.8 Å². The maximum atomic E-state index is 12.6. The topological polar surface area (TPSA) is 132 Å². The minimum absolute atomic E-state index is 0.196. The van der Waals surface area contributed by atoms with Crippen LogP contribution in [-0.2, 0) is 16.0 Å². The maximum Gasteiger partial charge on any atom is 0.276 e. The van der Waals surface area contributed by atoms with Crippen LogP contribution >= 0.6 is 0 Å². The smallest absolute Gasteiger partial charge is 0.276 e. The molecular formula is C21H22N6O3. The summed E-state index contributed by atoms with van der Waals surface area (Å²) in [6.45, 7) is 7.19. The molecule has 0 aliphatic carbocycles. The Hall–Kier alpha value is -3.93. The van der Waals surface area contributed by atoms with E-state index in [0.29, 0.717) is 5.69 Å². The van der Waals surface area contributed by atoms with Crippen LogP contribution in [0.2, 0.25) is 0 Å². The van der Waals surface area contributed by atoms with E-state index in [1.165, 1.54) is 6.20 Å². The Labute approximate surface area is 172 Å². The normalized spacial score (nSPS) is 10.6. The predicted molar refractivity (Wildman–Crippen MR) is 111 cm³/mol. The first-order valence-corrected chi connectivity index (χ1v) is 9.35. The zero-order chi connectivity index (χ0) is 22.0. The molecule has 3 N–H and O–H groups in total. The Morgan fingerprint density at radius 2 is 1.83 bits per heavy atom. The number of anilines is 1. The second kappa shape index (κ2) is 8.21. The van der Waals surface area contributed by atoms with E-state index in [2.05, 4.69) is 20.7 Å². The number of carbonyl (C=O) groups is 2. The molecule has 0 atom stereocenters. The molecule has 30 heavy (non-hydrogen) atoms.